The van der Waals surface area contributed by atoms with Crippen molar-refractivity contribution in [3.8, 4) is 0 Å². The molecule has 1 N–H and O–H groups in total. The Morgan fingerprint density at radius 3 is 2.90 bits per heavy atom. The van der Waals surface area contributed by atoms with Crippen LogP contribution in [-0.2, 0) is 11.3 Å². The van der Waals surface area contributed by atoms with Crippen LogP contribution in [0.4, 0.5) is 4.39 Å². The number of hydrogen-bond acceptors (Lipinski definition) is 3. The van der Waals surface area contributed by atoms with Gasteiger partial charge in [0.2, 0.25) is 0 Å². The van der Waals surface area contributed by atoms with Gasteiger partial charge in [0.15, 0.2) is 11.0 Å². The molecule has 0 amide bonds. The Kier molecular flexibility index (Phi) is 3.65. The number of thioether (sulfide) groups is 1. The van der Waals surface area contributed by atoms with E-state index in [-0.39, 0.29) is 17.0 Å². The number of carbonyl (C=O) groups is 1. The zero-order chi connectivity index (χ0) is 15.0. The maximum absolute atomic E-state index is 13.9. The predicted molar refractivity (Wildman–Crippen MR) is 80.0 cm³/mol. The Balaban J connectivity index is 2.02. The highest BCUT2D eigenvalue weighted by Gasteiger charge is 2.33. The van der Waals surface area contributed by atoms with Crippen molar-refractivity contribution in [1.29, 1.82) is 0 Å². The van der Waals surface area contributed by atoms with Crippen molar-refractivity contribution in [1.82, 2.24) is 9.55 Å². The number of carboxylic acids is 1. The number of halogens is 1. The third-order valence-corrected chi connectivity index (χ3v) is 5.08. The molecule has 0 atom stereocenters. The fourth-order valence-electron chi connectivity index (χ4n) is 2.80. The van der Waals surface area contributed by atoms with E-state index in [2.05, 4.69) is 11.9 Å². The lowest BCUT2D eigenvalue weighted by Crippen LogP contribution is -2.31. The summed E-state index contributed by atoms with van der Waals surface area (Å²) in [6.45, 7) is 2.97. The van der Waals surface area contributed by atoms with Crippen LogP contribution in [0.5, 0.6) is 0 Å². The molecule has 3 rings (SSSR count). The lowest BCUT2D eigenvalue weighted by atomic mass is 9.70. The maximum Gasteiger partial charge on any atom is 0.313 e. The maximum atomic E-state index is 13.9. The van der Waals surface area contributed by atoms with Crippen LogP contribution in [0.15, 0.2) is 23.4 Å². The van der Waals surface area contributed by atoms with Gasteiger partial charge in [0.05, 0.1) is 11.3 Å². The van der Waals surface area contributed by atoms with Gasteiger partial charge in [0.25, 0.3) is 0 Å². The Bertz CT molecular complexity index is 694. The third kappa shape index (κ3) is 2.77. The van der Waals surface area contributed by atoms with Crippen LogP contribution in [0.25, 0.3) is 11.0 Å². The molecular formula is C15H17FN2O2S. The van der Waals surface area contributed by atoms with E-state index in [1.54, 1.807) is 6.07 Å². The van der Waals surface area contributed by atoms with Gasteiger partial charge in [0, 0.05) is 6.54 Å². The first-order valence-corrected chi connectivity index (χ1v) is 7.96. The number of aromatic nitrogens is 2. The van der Waals surface area contributed by atoms with Crippen LogP contribution < -0.4 is 0 Å². The smallest absolute Gasteiger partial charge is 0.313 e. The molecule has 4 nitrogen and oxygen atoms in total. The van der Waals surface area contributed by atoms with Crippen LogP contribution in [0.1, 0.15) is 26.2 Å². The summed E-state index contributed by atoms with van der Waals surface area (Å²) in [6.07, 6.45) is 3.51. The Morgan fingerprint density at radius 2 is 2.29 bits per heavy atom. The van der Waals surface area contributed by atoms with Gasteiger partial charge < -0.3 is 9.67 Å². The second kappa shape index (κ2) is 5.33. The fraction of sp³-hybridized carbons (Fsp3) is 0.467. The quantitative estimate of drug-likeness (QED) is 0.858. The first-order valence-electron chi connectivity index (χ1n) is 6.98. The number of nitrogens with zero attached hydrogens (tertiary/aromatic N) is 2. The van der Waals surface area contributed by atoms with Gasteiger partial charge in [-0.1, -0.05) is 31.2 Å². The molecule has 1 heterocycles. The molecule has 0 unspecified atom stereocenters. The molecular weight excluding hydrogens is 291 g/mol. The molecule has 0 bridgehead atoms. The summed E-state index contributed by atoms with van der Waals surface area (Å²) in [6, 6.07) is 4.90. The van der Waals surface area contributed by atoms with Crippen LogP contribution in [-0.4, -0.2) is 26.4 Å². The number of aliphatic carboxylic acids is 1. The van der Waals surface area contributed by atoms with Crippen molar-refractivity contribution in [3.05, 3.63) is 24.0 Å². The Morgan fingerprint density at radius 1 is 1.52 bits per heavy atom. The minimum atomic E-state index is -0.895. The van der Waals surface area contributed by atoms with E-state index in [1.165, 1.54) is 12.5 Å². The average Bonchev–Trinajstić information content (AvgIpc) is 2.74. The normalized spacial score (nSPS) is 16.9. The van der Waals surface area contributed by atoms with Crippen LogP contribution in [0.3, 0.4) is 0 Å². The minimum absolute atomic E-state index is 0.0678. The van der Waals surface area contributed by atoms with E-state index < -0.39 is 5.97 Å². The second-order valence-electron chi connectivity index (χ2n) is 5.93. The first-order chi connectivity index (χ1) is 9.98. The van der Waals surface area contributed by atoms with E-state index in [1.807, 2.05) is 10.6 Å². The Hall–Kier alpha value is -1.56. The molecule has 112 valence electrons. The van der Waals surface area contributed by atoms with Crippen molar-refractivity contribution in [2.45, 2.75) is 37.9 Å². The third-order valence-electron chi connectivity index (χ3n) is 4.12. The van der Waals surface area contributed by atoms with Crippen LogP contribution in [0.2, 0.25) is 0 Å². The average molecular weight is 308 g/mol. The van der Waals surface area contributed by atoms with Crippen LogP contribution in [0, 0.1) is 11.2 Å². The molecule has 1 aliphatic rings. The molecule has 0 spiro atoms. The van der Waals surface area contributed by atoms with Crippen molar-refractivity contribution < 1.29 is 14.3 Å². The lowest BCUT2D eigenvalue weighted by Gasteiger charge is -2.39. The first kappa shape index (κ1) is 14.4. The summed E-state index contributed by atoms with van der Waals surface area (Å²) in [4.78, 5) is 15.1. The zero-order valence-corrected chi connectivity index (χ0v) is 12.6. The number of rotatable bonds is 5. The molecule has 6 heteroatoms. The molecule has 21 heavy (non-hydrogen) atoms. The number of imidazole rings is 1. The molecule has 2 aromatic rings. The SMILES string of the molecule is CC1(Cn2c(SCC(=O)O)nc3c(F)cccc32)CCC1. The van der Waals surface area contributed by atoms with Gasteiger partial charge in [-0.25, -0.2) is 9.37 Å². The molecule has 0 radical (unpaired) electrons. The summed E-state index contributed by atoms with van der Waals surface area (Å²) in [5.74, 6) is -1.32. The van der Waals surface area contributed by atoms with E-state index in [4.69, 9.17) is 5.11 Å². The van der Waals surface area contributed by atoms with E-state index in [0.717, 1.165) is 36.7 Å². The molecule has 1 aliphatic carbocycles. The van der Waals surface area contributed by atoms with E-state index in [0.29, 0.717) is 10.7 Å². The molecule has 1 aromatic carbocycles. The Labute approximate surface area is 126 Å². The summed E-state index contributed by atoms with van der Waals surface area (Å²) < 4.78 is 15.9. The van der Waals surface area contributed by atoms with Gasteiger partial charge in [-0.15, -0.1) is 0 Å². The largest absolute Gasteiger partial charge is 0.481 e. The predicted octanol–water partition coefficient (Wildman–Crippen LogP) is 3.54. The van der Waals surface area contributed by atoms with E-state index in [9.17, 15) is 9.18 Å². The van der Waals surface area contributed by atoms with Crippen molar-refractivity contribution in [2.24, 2.45) is 5.41 Å². The minimum Gasteiger partial charge on any atom is -0.481 e. The number of benzene rings is 1. The van der Waals surface area contributed by atoms with Gasteiger partial charge in [-0.3, -0.25) is 4.79 Å². The summed E-state index contributed by atoms with van der Waals surface area (Å²) in [5, 5.41) is 9.44. The van der Waals surface area contributed by atoms with Crippen molar-refractivity contribution >= 4 is 28.8 Å². The topological polar surface area (TPSA) is 55.1 Å². The van der Waals surface area contributed by atoms with Crippen molar-refractivity contribution in [2.75, 3.05) is 5.75 Å². The highest BCUT2D eigenvalue weighted by molar-refractivity contribution is 7.99. The summed E-state index contributed by atoms with van der Waals surface area (Å²) in [5.41, 5.74) is 1.28. The van der Waals surface area contributed by atoms with Gasteiger partial charge in [0.1, 0.15) is 5.52 Å². The number of hydrogen-bond donors (Lipinski definition) is 1. The van der Waals surface area contributed by atoms with Crippen molar-refractivity contribution in [3.63, 3.8) is 0 Å². The highest BCUT2D eigenvalue weighted by atomic mass is 32.2. The zero-order valence-electron chi connectivity index (χ0n) is 11.8. The fourth-order valence-corrected chi connectivity index (χ4v) is 3.53. The molecule has 1 saturated carbocycles. The van der Waals surface area contributed by atoms with Gasteiger partial charge in [-0.05, 0) is 30.4 Å². The summed E-state index contributed by atoms with van der Waals surface area (Å²) >= 11 is 1.15. The van der Waals surface area contributed by atoms with E-state index >= 15 is 0 Å². The molecule has 0 aliphatic heterocycles. The molecule has 1 aromatic heterocycles. The lowest BCUT2D eigenvalue weighted by molar-refractivity contribution is -0.133. The second-order valence-corrected chi connectivity index (χ2v) is 6.88. The standard InChI is InChI=1S/C15H17FN2O2S/c1-15(6-3-7-15)9-18-11-5-2-4-10(16)13(11)17-14(18)21-8-12(19)20/h2,4-5H,3,6-9H2,1H3,(H,19,20). The number of carboxylic acid groups (broad SMARTS) is 1. The van der Waals surface area contributed by atoms with Gasteiger partial charge in [-0.2, -0.15) is 0 Å². The molecule has 1 fully saturated rings. The highest BCUT2D eigenvalue weighted by Crippen LogP contribution is 2.43. The number of fused-ring (bicyclic) bond motifs is 1. The monoisotopic (exact) mass is 308 g/mol. The van der Waals surface area contributed by atoms with Gasteiger partial charge >= 0.3 is 5.97 Å². The molecule has 0 saturated heterocycles. The number of para-hydroxylation sites is 1. The summed E-state index contributed by atoms with van der Waals surface area (Å²) in [7, 11) is 0. The van der Waals surface area contributed by atoms with Crippen LogP contribution >= 0.6 is 11.8 Å².